The van der Waals surface area contributed by atoms with Crippen LogP contribution in [-0.2, 0) is 4.74 Å². The first-order chi connectivity index (χ1) is 24.3. The highest BCUT2D eigenvalue weighted by Crippen LogP contribution is 2.29. The van der Waals surface area contributed by atoms with Crippen molar-refractivity contribution in [3.63, 3.8) is 0 Å². The van der Waals surface area contributed by atoms with Crippen LogP contribution in [0.5, 0.6) is 0 Å². The van der Waals surface area contributed by atoms with Gasteiger partial charge in [0, 0.05) is 80.6 Å². The number of nitrogens with two attached hydrogens (primary N) is 1. The second-order valence-corrected chi connectivity index (χ2v) is 13.3. The van der Waals surface area contributed by atoms with Gasteiger partial charge in [0.1, 0.15) is 17.6 Å². The van der Waals surface area contributed by atoms with E-state index in [1.54, 1.807) is 59.6 Å². The van der Waals surface area contributed by atoms with E-state index in [1.165, 1.54) is 16.7 Å². The smallest absolute Gasteiger partial charge is 0.410 e. The van der Waals surface area contributed by atoms with Crippen molar-refractivity contribution < 1.29 is 18.3 Å². The highest BCUT2D eigenvalue weighted by Gasteiger charge is 2.32. The lowest BCUT2D eigenvalue weighted by atomic mass is 9.91. The Morgan fingerprint density at radius 1 is 0.860 bits per heavy atom. The maximum atomic E-state index is 14.9. The maximum Gasteiger partial charge on any atom is 0.410 e. The molecular formula is C37H42F2N8O3. The van der Waals surface area contributed by atoms with Gasteiger partial charge in [-0.3, -0.25) is 14.3 Å². The second-order valence-electron chi connectivity index (χ2n) is 13.3. The summed E-state index contributed by atoms with van der Waals surface area (Å²) in [5.74, 6) is -0.534. The SMILES string of the molecule is Nc1ccc(N2CCN(C3CCC(OC(=O)N4CCC(Nc5ncc(F)c(-c6cccc(-n7ccccc7=O)c6)n5)CC4)CC3)CC2)c(F)c1. The van der Waals surface area contributed by atoms with Gasteiger partial charge in [-0.1, -0.05) is 18.2 Å². The molecule has 2 aromatic heterocycles. The van der Waals surface area contributed by atoms with E-state index in [9.17, 15) is 18.4 Å². The van der Waals surface area contributed by atoms with Crippen LogP contribution in [-0.4, -0.2) is 87.9 Å². The third kappa shape index (κ3) is 7.57. The fraction of sp³-hybridized carbons (Fsp3) is 0.405. The second kappa shape index (κ2) is 14.8. The quantitative estimate of drug-likeness (QED) is 0.250. The van der Waals surface area contributed by atoms with Crippen molar-refractivity contribution >= 4 is 23.4 Å². The monoisotopic (exact) mass is 684 g/mol. The molecule has 0 atom stereocenters. The molecule has 2 saturated heterocycles. The predicted octanol–water partition coefficient (Wildman–Crippen LogP) is 5.30. The minimum Gasteiger partial charge on any atom is -0.446 e. The largest absolute Gasteiger partial charge is 0.446 e. The van der Waals surface area contributed by atoms with E-state index < -0.39 is 5.82 Å². The van der Waals surface area contributed by atoms with Crippen molar-refractivity contribution in [2.45, 2.75) is 56.7 Å². The lowest BCUT2D eigenvalue weighted by Gasteiger charge is -2.42. The Labute approximate surface area is 289 Å². The van der Waals surface area contributed by atoms with Crippen LogP contribution >= 0.6 is 0 Å². The highest BCUT2D eigenvalue weighted by molar-refractivity contribution is 5.68. The van der Waals surface area contributed by atoms with Crippen LogP contribution < -0.4 is 21.5 Å². The minimum absolute atomic E-state index is 0.0130. The number of benzene rings is 2. The average molecular weight is 685 g/mol. The number of carbonyl (C=O) groups is 1. The van der Waals surface area contributed by atoms with Crippen LogP contribution in [0.15, 0.2) is 77.9 Å². The van der Waals surface area contributed by atoms with Gasteiger partial charge in [0.25, 0.3) is 5.56 Å². The van der Waals surface area contributed by atoms with E-state index >= 15 is 0 Å². The molecule has 50 heavy (non-hydrogen) atoms. The summed E-state index contributed by atoms with van der Waals surface area (Å²) in [6.45, 7) is 4.34. The summed E-state index contributed by atoms with van der Waals surface area (Å²) in [5.41, 5.74) is 7.84. The van der Waals surface area contributed by atoms with Gasteiger partial charge in [0.05, 0.1) is 11.9 Å². The van der Waals surface area contributed by atoms with E-state index in [0.29, 0.717) is 60.5 Å². The Balaban J connectivity index is 0.860. The van der Waals surface area contributed by atoms with Crippen molar-refractivity contribution in [2.75, 3.05) is 55.2 Å². The number of nitrogens with one attached hydrogen (secondary N) is 1. The molecule has 3 fully saturated rings. The molecule has 262 valence electrons. The standard InChI is InChI=1S/C37H42F2N8O3/c38-31-23-26(40)7-12-33(31)45-20-18-44(19-21-45)28-8-10-30(11-9-28)50-37(49)46-16-13-27(14-17-46)42-36-41-24-32(39)35(43-36)25-4-3-5-29(22-25)47-15-2-1-6-34(47)48/h1-7,12,15,22-24,27-28,30H,8-11,13-14,16-21,40H2,(H,41,42,43). The van der Waals surface area contributed by atoms with Crippen LogP contribution in [0.2, 0.25) is 0 Å². The number of likely N-dealkylation sites (tertiary alicyclic amines) is 1. The summed E-state index contributed by atoms with van der Waals surface area (Å²) < 4.78 is 36.7. The van der Waals surface area contributed by atoms with Gasteiger partial charge in [0.15, 0.2) is 5.82 Å². The first-order valence-corrected chi connectivity index (χ1v) is 17.4. The van der Waals surface area contributed by atoms with Gasteiger partial charge in [-0.25, -0.2) is 23.5 Å². The number of pyridine rings is 1. The number of nitrogens with zero attached hydrogens (tertiary/aromatic N) is 6. The Bertz CT molecular complexity index is 1870. The molecule has 11 nitrogen and oxygen atoms in total. The summed E-state index contributed by atoms with van der Waals surface area (Å²) in [4.78, 5) is 40.3. The van der Waals surface area contributed by atoms with Crippen molar-refractivity contribution in [2.24, 2.45) is 0 Å². The average Bonchev–Trinajstić information content (AvgIpc) is 3.13. The van der Waals surface area contributed by atoms with E-state index in [2.05, 4.69) is 25.1 Å². The Morgan fingerprint density at radius 2 is 1.64 bits per heavy atom. The van der Waals surface area contributed by atoms with Crippen molar-refractivity contribution in [1.29, 1.82) is 0 Å². The van der Waals surface area contributed by atoms with E-state index in [4.69, 9.17) is 10.5 Å². The van der Waals surface area contributed by atoms with Gasteiger partial charge in [-0.15, -0.1) is 0 Å². The highest BCUT2D eigenvalue weighted by atomic mass is 19.1. The molecule has 1 aliphatic carbocycles. The lowest BCUT2D eigenvalue weighted by Crippen LogP contribution is -2.52. The van der Waals surface area contributed by atoms with Crippen molar-refractivity contribution in [3.8, 4) is 16.9 Å². The summed E-state index contributed by atoms with van der Waals surface area (Å²) in [6.07, 6.45) is 7.39. The topological polar surface area (TPSA) is 122 Å². The van der Waals surface area contributed by atoms with Crippen molar-refractivity contribution in [3.05, 3.63) is 95.0 Å². The Hall–Kier alpha value is -5.04. The van der Waals surface area contributed by atoms with Gasteiger partial charge < -0.3 is 25.6 Å². The number of rotatable bonds is 7. The zero-order valence-electron chi connectivity index (χ0n) is 27.9. The molecule has 1 saturated carbocycles. The lowest BCUT2D eigenvalue weighted by molar-refractivity contribution is 0.0231. The number of anilines is 3. The molecular weight excluding hydrogens is 642 g/mol. The van der Waals surface area contributed by atoms with Crippen LogP contribution in [0.25, 0.3) is 16.9 Å². The number of hydrogen-bond acceptors (Lipinski definition) is 9. The van der Waals surface area contributed by atoms with Crippen LogP contribution in [0, 0.1) is 11.6 Å². The number of aromatic nitrogens is 3. The molecule has 4 aromatic rings. The number of nitrogen functional groups attached to an aromatic ring is 1. The zero-order chi connectivity index (χ0) is 34.6. The molecule has 13 heteroatoms. The molecule has 2 aromatic carbocycles. The Kier molecular flexibility index (Phi) is 9.92. The van der Waals surface area contributed by atoms with E-state index in [1.807, 2.05) is 0 Å². The maximum absolute atomic E-state index is 14.9. The number of carbonyl (C=O) groups excluding carboxylic acids is 1. The fourth-order valence-corrected chi connectivity index (χ4v) is 7.32. The number of hydrogen-bond donors (Lipinski definition) is 2. The molecule has 3 aliphatic rings. The number of ether oxygens (including phenoxy) is 1. The molecule has 0 spiro atoms. The molecule has 0 unspecified atom stereocenters. The Morgan fingerprint density at radius 3 is 2.38 bits per heavy atom. The summed E-state index contributed by atoms with van der Waals surface area (Å²) >= 11 is 0. The third-order valence-corrected chi connectivity index (χ3v) is 10.1. The number of piperidine rings is 1. The van der Waals surface area contributed by atoms with E-state index in [0.717, 1.165) is 58.1 Å². The fourth-order valence-electron chi connectivity index (χ4n) is 7.32. The first-order valence-electron chi connectivity index (χ1n) is 17.4. The molecule has 3 N–H and O–H groups in total. The first kappa shape index (κ1) is 33.5. The van der Waals surface area contributed by atoms with Crippen molar-refractivity contribution in [1.82, 2.24) is 24.3 Å². The summed E-state index contributed by atoms with van der Waals surface area (Å²) in [5, 5.41) is 3.31. The van der Waals surface area contributed by atoms with Crippen LogP contribution in [0.3, 0.4) is 0 Å². The van der Waals surface area contributed by atoms with Gasteiger partial charge in [-0.2, -0.15) is 0 Å². The van der Waals surface area contributed by atoms with Crippen LogP contribution in [0.4, 0.5) is 30.9 Å². The molecule has 0 bridgehead atoms. The summed E-state index contributed by atoms with van der Waals surface area (Å²) in [7, 11) is 0. The number of halogens is 2. The molecule has 4 heterocycles. The minimum atomic E-state index is -0.562. The molecule has 7 rings (SSSR count). The van der Waals surface area contributed by atoms with Gasteiger partial charge in [0.2, 0.25) is 5.95 Å². The normalized spacial score (nSPS) is 20.4. The van der Waals surface area contributed by atoms with Gasteiger partial charge >= 0.3 is 6.09 Å². The third-order valence-electron chi connectivity index (χ3n) is 10.1. The number of amides is 1. The summed E-state index contributed by atoms with van der Waals surface area (Å²) in [6, 6.07) is 17.2. The van der Waals surface area contributed by atoms with E-state index in [-0.39, 0.29) is 35.3 Å². The molecule has 2 aliphatic heterocycles. The number of piperazine rings is 1. The predicted molar refractivity (Wildman–Crippen MR) is 188 cm³/mol. The van der Waals surface area contributed by atoms with Gasteiger partial charge in [-0.05, 0) is 74.9 Å². The van der Waals surface area contributed by atoms with Crippen LogP contribution in [0.1, 0.15) is 38.5 Å². The zero-order valence-corrected chi connectivity index (χ0v) is 27.9. The molecule has 1 amide bonds. The molecule has 0 radical (unpaired) electrons.